The molecule has 100 valence electrons. The zero-order valence-electron chi connectivity index (χ0n) is 11.0. The van der Waals surface area contributed by atoms with Crippen LogP contribution in [0.3, 0.4) is 0 Å². The lowest BCUT2D eigenvalue weighted by Gasteiger charge is -2.05. The molecule has 0 saturated carbocycles. The van der Waals surface area contributed by atoms with Crippen LogP contribution in [0.4, 0.5) is 0 Å². The highest BCUT2D eigenvalue weighted by Gasteiger charge is 2.12. The summed E-state index contributed by atoms with van der Waals surface area (Å²) in [6.45, 7) is 4.02. The molecule has 1 N–H and O–H groups in total. The van der Waals surface area contributed by atoms with Crippen molar-refractivity contribution >= 4 is 5.97 Å². The van der Waals surface area contributed by atoms with Gasteiger partial charge in [0.25, 0.3) is 0 Å². The molecule has 0 aliphatic carbocycles. The zero-order valence-corrected chi connectivity index (χ0v) is 11.0. The molecular formula is C13H15N3O3. The Balaban J connectivity index is 2.48. The van der Waals surface area contributed by atoms with E-state index >= 15 is 0 Å². The molecule has 0 fully saturated rings. The molecule has 0 spiro atoms. The minimum atomic E-state index is -1.09. The molecular weight excluding hydrogens is 246 g/mol. The third-order valence-corrected chi connectivity index (χ3v) is 2.68. The third kappa shape index (κ3) is 2.73. The Morgan fingerprint density at radius 2 is 2.16 bits per heavy atom. The number of carboxylic acid groups (broad SMARTS) is 1. The average Bonchev–Trinajstić information content (AvgIpc) is 2.87. The molecule has 2 rings (SSSR count). The lowest BCUT2D eigenvalue weighted by molar-refractivity contribution is 0.0690. The van der Waals surface area contributed by atoms with E-state index in [0.717, 1.165) is 5.56 Å². The Kier molecular flexibility index (Phi) is 3.50. The lowest BCUT2D eigenvalue weighted by atomic mass is 10.2. The van der Waals surface area contributed by atoms with Gasteiger partial charge in [0, 0.05) is 29.9 Å². The number of methoxy groups -OCH3 is 1. The fraction of sp³-hybridized carbons (Fsp3) is 0.308. The van der Waals surface area contributed by atoms with Crippen LogP contribution in [0.25, 0.3) is 11.3 Å². The number of aromatic carboxylic acids is 1. The van der Waals surface area contributed by atoms with Gasteiger partial charge in [0.05, 0.1) is 19.0 Å². The summed E-state index contributed by atoms with van der Waals surface area (Å²) in [5.74, 6) is -0.629. The number of carbonyl (C=O) groups is 1. The van der Waals surface area contributed by atoms with Crippen molar-refractivity contribution in [1.82, 2.24) is 14.8 Å². The lowest BCUT2D eigenvalue weighted by Crippen LogP contribution is -2.02. The van der Waals surface area contributed by atoms with Gasteiger partial charge >= 0.3 is 5.97 Å². The van der Waals surface area contributed by atoms with Crippen LogP contribution in [-0.2, 0) is 0 Å². The zero-order chi connectivity index (χ0) is 14.0. The summed E-state index contributed by atoms with van der Waals surface area (Å²) < 4.78 is 6.88. The van der Waals surface area contributed by atoms with Crippen LogP contribution >= 0.6 is 0 Å². The molecule has 2 aromatic heterocycles. The molecule has 19 heavy (non-hydrogen) atoms. The summed E-state index contributed by atoms with van der Waals surface area (Å²) >= 11 is 0. The molecule has 0 aliphatic rings. The van der Waals surface area contributed by atoms with Gasteiger partial charge in [-0.15, -0.1) is 0 Å². The van der Waals surface area contributed by atoms with Crippen LogP contribution < -0.4 is 4.74 Å². The van der Waals surface area contributed by atoms with Crippen molar-refractivity contribution in [2.45, 2.75) is 19.9 Å². The predicted molar refractivity (Wildman–Crippen MR) is 69.4 cm³/mol. The summed E-state index contributed by atoms with van der Waals surface area (Å²) in [6.07, 6.45) is 3.49. The monoisotopic (exact) mass is 261 g/mol. The highest BCUT2D eigenvalue weighted by Crippen LogP contribution is 2.23. The van der Waals surface area contributed by atoms with Crippen molar-refractivity contribution in [2.24, 2.45) is 0 Å². The van der Waals surface area contributed by atoms with Gasteiger partial charge in [-0.3, -0.25) is 4.68 Å². The molecule has 0 unspecified atom stereocenters. The maximum absolute atomic E-state index is 11.0. The fourth-order valence-electron chi connectivity index (χ4n) is 1.63. The van der Waals surface area contributed by atoms with Gasteiger partial charge < -0.3 is 9.84 Å². The third-order valence-electron chi connectivity index (χ3n) is 2.68. The Labute approximate surface area is 110 Å². The maximum atomic E-state index is 11.0. The smallest absolute Gasteiger partial charge is 0.354 e. The van der Waals surface area contributed by atoms with Gasteiger partial charge in [-0.2, -0.15) is 5.10 Å². The second kappa shape index (κ2) is 5.09. The summed E-state index contributed by atoms with van der Waals surface area (Å²) in [5.41, 5.74) is 1.24. The number of pyridine rings is 1. The standard InChI is InChI=1S/C13H15N3O3/c1-8(2)16-7-9(6-14-16)11-4-10(19-3)5-12(15-11)13(17)18/h4-8H,1-3H3,(H,17,18). The molecule has 0 radical (unpaired) electrons. The number of nitrogens with zero attached hydrogens (tertiary/aromatic N) is 3. The Morgan fingerprint density at radius 3 is 2.68 bits per heavy atom. The molecule has 2 aromatic rings. The van der Waals surface area contributed by atoms with Gasteiger partial charge in [0.2, 0.25) is 0 Å². The first kappa shape index (κ1) is 13.1. The summed E-state index contributed by atoms with van der Waals surface area (Å²) in [4.78, 5) is 15.1. The number of hydrogen-bond donors (Lipinski definition) is 1. The van der Waals surface area contributed by atoms with Crippen molar-refractivity contribution in [1.29, 1.82) is 0 Å². The second-order valence-corrected chi connectivity index (χ2v) is 4.39. The van der Waals surface area contributed by atoms with E-state index < -0.39 is 5.97 Å². The van der Waals surface area contributed by atoms with Gasteiger partial charge in [0.1, 0.15) is 5.75 Å². The van der Waals surface area contributed by atoms with Crippen LogP contribution in [0.15, 0.2) is 24.5 Å². The maximum Gasteiger partial charge on any atom is 0.354 e. The normalized spacial score (nSPS) is 10.7. The quantitative estimate of drug-likeness (QED) is 0.913. The van der Waals surface area contributed by atoms with Crippen molar-refractivity contribution < 1.29 is 14.6 Å². The number of ether oxygens (including phenoxy) is 1. The summed E-state index contributed by atoms with van der Waals surface area (Å²) in [5, 5.41) is 13.2. The Hall–Kier alpha value is -2.37. The molecule has 6 nitrogen and oxygen atoms in total. The summed E-state index contributed by atoms with van der Waals surface area (Å²) in [6, 6.07) is 3.31. The topological polar surface area (TPSA) is 77.2 Å². The number of rotatable bonds is 4. The minimum absolute atomic E-state index is 0.0494. The average molecular weight is 261 g/mol. The first-order chi connectivity index (χ1) is 9.01. The molecule has 0 atom stereocenters. The molecule has 0 amide bonds. The highest BCUT2D eigenvalue weighted by atomic mass is 16.5. The van der Waals surface area contributed by atoms with Gasteiger partial charge in [-0.25, -0.2) is 9.78 Å². The largest absolute Gasteiger partial charge is 0.497 e. The first-order valence-corrected chi connectivity index (χ1v) is 5.85. The van der Waals surface area contributed by atoms with Crippen molar-refractivity contribution in [3.05, 3.63) is 30.2 Å². The van der Waals surface area contributed by atoms with E-state index in [1.54, 1.807) is 16.9 Å². The van der Waals surface area contributed by atoms with E-state index in [1.807, 2.05) is 20.0 Å². The van der Waals surface area contributed by atoms with E-state index in [4.69, 9.17) is 9.84 Å². The van der Waals surface area contributed by atoms with Crippen LogP contribution in [0, 0.1) is 0 Å². The second-order valence-electron chi connectivity index (χ2n) is 4.39. The molecule has 0 bridgehead atoms. The van der Waals surface area contributed by atoms with Gasteiger partial charge in [0.15, 0.2) is 5.69 Å². The molecule has 0 aliphatic heterocycles. The van der Waals surface area contributed by atoms with Crippen molar-refractivity contribution in [2.75, 3.05) is 7.11 Å². The van der Waals surface area contributed by atoms with Gasteiger partial charge in [-0.05, 0) is 13.8 Å². The van der Waals surface area contributed by atoms with Crippen LogP contribution in [0.2, 0.25) is 0 Å². The first-order valence-electron chi connectivity index (χ1n) is 5.85. The van der Waals surface area contributed by atoms with E-state index in [-0.39, 0.29) is 11.7 Å². The SMILES string of the molecule is COc1cc(C(=O)O)nc(-c2cnn(C(C)C)c2)c1. The Bertz CT molecular complexity index is 605. The van der Waals surface area contributed by atoms with Gasteiger partial charge in [-0.1, -0.05) is 0 Å². The number of hydrogen-bond acceptors (Lipinski definition) is 4. The molecule has 2 heterocycles. The van der Waals surface area contributed by atoms with Crippen molar-refractivity contribution in [3.63, 3.8) is 0 Å². The van der Waals surface area contributed by atoms with Crippen molar-refractivity contribution in [3.8, 4) is 17.0 Å². The predicted octanol–water partition coefficient (Wildman–Crippen LogP) is 2.23. The van der Waals surface area contributed by atoms with Crippen LogP contribution in [0.5, 0.6) is 5.75 Å². The fourth-order valence-corrected chi connectivity index (χ4v) is 1.63. The molecule has 0 saturated heterocycles. The van der Waals surface area contributed by atoms with E-state index in [9.17, 15) is 4.79 Å². The number of aromatic nitrogens is 3. The minimum Gasteiger partial charge on any atom is -0.497 e. The van der Waals surface area contributed by atoms with Crippen LogP contribution in [-0.4, -0.2) is 33.0 Å². The van der Waals surface area contributed by atoms with E-state index in [1.165, 1.54) is 13.2 Å². The molecule has 6 heteroatoms. The molecule has 0 aromatic carbocycles. The highest BCUT2D eigenvalue weighted by molar-refractivity contribution is 5.86. The van der Waals surface area contributed by atoms with E-state index in [0.29, 0.717) is 11.4 Å². The summed E-state index contributed by atoms with van der Waals surface area (Å²) in [7, 11) is 1.49. The Morgan fingerprint density at radius 1 is 1.42 bits per heavy atom. The van der Waals surface area contributed by atoms with Crippen LogP contribution in [0.1, 0.15) is 30.4 Å². The van der Waals surface area contributed by atoms with E-state index in [2.05, 4.69) is 10.1 Å². The number of carboxylic acids is 1.